The van der Waals surface area contributed by atoms with Crippen LogP contribution in [0.5, 0.6) is 0 Å². The zero-order valence-corrected chi connectivity index (χ0v) is 4.73. The van der Waals surface area contributed by atoms with Crippen LogP contribution in [-0.2, 0) is 0 Å². The highest BCUT2D eigenvalue weighted by Crippen LogP contribution is 2.00. The molecule has 8 heavy (non-hydrogen) atoms. The predicted molar refractivity (Wildman–Crippen MR) is 32.3 cm³/mol. The maximum atomic E-state index is 3.84. The van der Waals surface area contributed by atoms with Gasteiger partial charge in [-0.15, -0.1) is 0 Å². The summed E-state index contributed by atoms with van der Waals surface area (Å²) < 4.78 is 0. The summed E-state index contributed by atoms with van der Waals surface area (Å²) in [5, 5.41) is 9.26. The van der Waals surface area contributed by atoms with Gasteiger partial charge in [-0.05, 0) is 6.92 Å². The third kappa shape index (κ3) is 0.804. The Morgan fingerprint density at radius 3 is 2.88 bits per heavy atom. The van der Waals surface area contributed by atoms with Crippen LogP contribution in [0.1, 0.15) is 5.69 Å². The Balaban J connectivity index is 2.84. The topological polar surface area (TPSA) is 40.7 Å². The predicted octanol–water partition coefficient (Wildman–Crippen LogP) is 0.922. The summed E-state index contributed by atoms with van der Waals surface area (Å²) in [6, 6.07) is 1.88. The minimum Gasteiger partial charge on any atom is -0.367 e. The Morgan fingerprint density at radius 1 is 1.88 bits per heavy atom. The van der Waals surface area contributed by atoms with Crippen LogP contribution in [0, 0.1) is 14.0 Å². The van der Waals surface area contributed by atoms with E-state index >= 15 is 0 Å². The van der Waals surface area contributed by atoms with Gasteiger partial charge in [-0.25, -0.2) is 0 Å². The molecule has 1 rings (SSSR count). The minimum atomic E-state index is 0.780. The fourth-order valence-electron chi connectivity index (χ4n) is 0.509. The van der Waals surface area contributed by atoms with Crippen LogP contribution in [0.3, 0.4) is 0 Å². The van der Waals surface area contributed by atoms with Crippen molar-refractivity contribution in [3.63, 3.8) is 0 Å². The number of nitrogens with one attached hydrogen (secondary N) is 2. The molecule has 1 aromatic heterocycles. The number of aromatic nitrogens is 2. The number of aromatic amines is 1. The van der Waals surface area contributed by atoms with E-state index in [0.717, 1.165) is 11.5 Å². The molecule has 0 saturated heterocycles. The van der Waals surface area contributed by atoms with Crippen molar-refractivity contribution in [3.8, 4) is 0 Å². The number of H-pyrrole nitrogens is 1. The molecule has 2 N–H and O–H groups in total. The van der Waals surface area contributed by atoms with Crippen molar-refractivity contribution in [1.29, 1.82) is 0 Å². The third-order valence-corrected chi connectivity index (χ3v) is 0.887. The van der Waals surface area contributed by atoms with Gasteiger partial charge in [0, 0.05) is 18.8 Å². The van der Waals surface area contributed by atoms with Crippen LogP contribution in [0.25, 0.3) is 0 Å². The lowest BCUT2D eigenvalue weighted by atomic mass is 10.5. The van der Waals surface area contributed by atoms with E-state index in [1.165, 1.54) is 0 Å². The van der Waals surface area contributed by atoms with E-state index in [-0.39, 0.29) is 0 Å². The van der Waals surface area contributed by atoms with Gasteiger partial charge < -0.3 is 5.32 Å². The van der Waals surface area contributed by atoms with Gasteiger partial charge in [-0.2, -0.15) is 5.10 Å². The molecule has 0 bridgehead atoms. The fraction of sp³-hybridized carbons (Fsp3) is 0.200. The van der Waals surface area contributed by atoms with Crippen molar-refractivity contribution in [3.05, 3.63) is 18.8 Å². The molecule has 0 fully saturated rings. The van der Waals surface area contributed by atoms with Crippen molar-refractivity contribution in [1.82, 2.24) is 10.2 Å². The Bertz CT molecular complexity index is 168. The number of hydrogen-bond donors (Lipinski definition) is 2. The second-order valence-corrected chi connectivity index (χ2v) is 1.61. The maximum absolute atomic E-state index is 3.84. The molecule has 1 aromatic rings. The summed E-state index contributed by atoms with van der Waals surface area (Å²) in [4.78, 5) is 0. The molecule has 1 heterocycles. The van der Waals surface area contributed by atoms with Crippen molar-refractivity contribution in [2.75, 3.05) is 5.32 Å². The molecule has 0 aliphatic carbocycles. The quantitative estimate of drug-likeness (QED) is 0.564. The van der Waals surface area contributed by atoms with Crippen molar-refractivity contribution in [2.24, 2.45) is 0 Å². The zero-order chi connectivity index (χ0) is 5.98. The molecule has 0 aliphatic heterocycles. The van der Waals surface area contributed by atoms with Crippen LogP contribution >= 0.6 is 0 Å². The van der Waals surface area contributed by atoms with Gasteiger partial charge in [0.15, 0.2) is 0 Å². The monoisotopic (exact) mass is 110 g/mol. The first-order valence-corrected chi connectivity index (χ1v) is 2.38. The Kier molecular flexibility index (Phi) is 1.20. The smallest absolute Gasteiger partial charge is 0.148 e. The van der Waals surface area contributed by atoms with E-state index in [1.54, 1.807) is 0 Å². The lowest BCUT2D eigenvalue weighted by Crippen LogP contribution is -1.81. The number of hydrogen-bond acceptors (Lipinski definition) is 2. The normalized spacial score (nSPS) is 9.25. The van der Waals surface area contributed by atoms with Gasteiger partial charge in [0.2, 0.25) is 0 Å². The number of rotatable bonds is 1. The van der Waals surface area contributed by atoms with E-state index in [1.807, 2.05) is 13.0 Å². The summed E-state index contributed by atoms with van der Waals surface area (Å²) in [5.41, 5.74) is 1.04. The molecular weight excluding hydrogens is 102 g/mol. The molecule has 0 atom stereocenters. The summed E-state index contributed by atoms with van der Waals surface area (Å²) in [7, 11) is 3.44. The average Bonchev–Trinajstić information content (AvgIpc) is 2.14. The van der Waals surface area contributed by atoms with E-state index in [4.69, 9.17) is 0 Å². The Labute approximate surface area is 48.1 Å². The van der Waals surface area contributed by atoms with Crippen molar-refractivity contribution < 1.29 is 0 Å². The minimum absolute atomic E-state index is 0.780. The standard InChI is InChI=1S/C5H8N3/c1-4-3-5(6-2)8-7-4/h3H,2H2,1H3,(H2,6,7,8). The summed E-state index contributed by atoms with van der Waals surface area (Å²) >= 11 is 0. The first-order chi connectivity index (χ1) is 3.83. The Hall–Kier alpha value is -0.990. The highest BCUT2D eigenvalue weighted by atomic mass is 15.2. The van der Waals surface area contributed by atoms with Crippen LogP contribution < -0.4 is 5.32 Å². The lowest BCUT2D eigenvalue weighted by Gasteiger charge is -1.84. The molecular formula is C5H8N3. The second-order valence-electron chi connectivity index (χ2n) is 1.61. The van der Waals surface area contributed by atoms with Crippen LogP contribution in [0.15, 0.2) is 6.07 Å². The van der Waals surface area contributed by atoms with Gasteiger partial charge in [0.25, 0.3) is 0 Å². The molecule has 0 aromatic carbocycles. The largest absolute Gasteiger partial charge is 0.367 e. The van der Waals surface area contributed by atoms with Gasteiger partial charge in [0.1, 0.15) is 5.82 Å². The molecule has 0 saturated carbocycles. The number of anilines is 1. The zero-order valence-electron chi connectivity index (χ0n) is 4.73. The summed E-state index contributed by atoms with van der Waals surface area (Å²) in [6.07, 6.45) is 0. The summed E-state index contributed by atoms with van der Waals surface area (Å²) in [6.45, 7) is 1.94. The van der Waals surface area contributed by atoms with E-state index in [0.29, 0.717) is 0 Å². The van der Waals surface area contributed by atoms with Gasteiger partial charge in [-0.1, -0.05) is 0 Å². The molecule has 3 nitrogen and oxygen atoms in total. The first-order valence-electron chi connectivity index (χ1n) is 2.38. The molecule has 0 aliphatic rings. The van der Waals surface area contributed by atoms with Gasteiger partial charge in [-0.3, -0.25) is 5.10 Å². The van der Waals surface area contributed by atoms with Crippen LogP contribution in [0.4, 0.5) is 5.82 Å². The van der Waals surface area contributed by atoms with Crippen LogP contribution in [-0.4, -0.2) is 10.2 Å². The SMILES string of the molecule is [CH2]Nc1cc(C)[nH]n1. The molecule has 1 radical (unpaired) electrons. The number of nitrogens with zero attached hydrogens (tertiary/aromatic N) is 1. The molecule has 0 amide bonds. The van der Waals surface area contributed by atoms with E-state index < -0.39 is 0 Å². The number of aryl methyl sites for hydroxylation is 1. The highest BCUT2D eigenvalue weighted by Gasteiger charge is 1.89. The van der Waals surface area contributed by atoms with Crippen LogP contribution in [0.2, 0.25) is 0 Å². The average molecular weight is 110 g/mol. The van der Waals surface area contributed by atoms with Gasteiger partial charge in [0.05, 0.1) is 0 Å². The molecule has 43 valence electrons. The van der Waals surface area contributed by atoms with Crippen molar-refractivity contribution >= 4 is 5.82 Å². The molecule has 0 spiro atoms. The summed E-state index contributed by atoms with van der Waals surface area (Å²) in [5.74, 6) is 0.780. The highest BCUT2D eigenvalue weighted by molar-refractivity contribution is 5.34. The third-order valence-electron chi connectivity index (χ3n) is 0.887. The lowest BCUT2D eigenvalue weighted by molar-refractivity contribution is 1.05. The fourth-order valence-corrected chi connectivity index (χ4v) is 0.509. The van der Waals surface area contributed by atoms with Gasteiger partial charge >= 0.3 is 0 Å². The first kappa shape index (κ1) is 5.15. The molecule has 0 unspecified atom stereocenters. The molecule has 3 heteroatoms. The van der Waals surface area contributed by atoms with Crippen molar-refractivity contribution in [2.45, 2.75) is 6.92 Å². The van der Waals surface area contributed by atoms with E-state index in [9.17, 15) is 0 Å². The van der Waals surface area contributed by atoms with E-state index in [2.05, 4.69) is 22.6 Å². The maximum Gasteiger partial charge on any atom is 0.148 e. The second kappa shape index (κ2) is 1.86. The Morgan fingerprint density at radius 2 is 2.62 bits per heavy atom.